The third kappa shape index (κ3) is 3.33. The number of nitrogens with one attached hydrogen (secondary N) is 1. The van der Waals surface area contributed by atoms with Gasteiger partial charge in [0.1, 0.15) is 6.04 Å². The molecule has 102 valence electrons. The Morgan fingerprint density at radius 2 is 2.21 bits per heavy atom. The first-order valence-corrected chi connectivity index (χ1v) is 7.21. The van der Waals surface area contributed by atoms with E-state index in [1.807, 2.05) is 18.2 Å². The van der Waals surface area contributed by atoms with Crippen molar-refractivity contribution in [1.29, 1.82) is 0 Å². The minimum Gasteiger partial charge on any atom is -0.480 e. The van der Waals surface area contributed by atoms with E-state index in [4.69, 9.17) is 16.7 Å². The Balaban J connectivity index is 1.95. The van der Waals surface area contributed by atoms with Crippen LogP contribution in [-0.4, -0.2) is 39.7 Å². The summed E-state index contributed by atoms with van der Waals surface area (Å²) in [4.78, 5) is 24.3. The van der Waals surface area contributed by atoms with E-state index in [0.29, 0.717) is 16.7 Å². The monoisotopic (exact) mass is 300 g/mol. The molecular weight excluding hydrogens is 288 g/mol. The minimum atomic E-state index is -0.974. The molecule has 0 bridgehead atoms. The van der Waals surface area contributed by atoms with Gasteiger partial charge in [-0.2, -0.15) is 0 Å². The van der Waals surface area contributed by atoms with Crippen LogP contribution in [-0.2, 0) is 11.3 Å². The molecule has 1 aliphatic heterocycles. The standard InChI is InChI=1S/C12H13ClN2O3S/c13-9-4-2-1-3-8(9)5-14-12(18)15-7-19-6-10(15)11(16)17/h1-4,10H,5-7H2,(H,14,18)(H,16,17). The average Bonchev–Trinajstić information content (AvgIpc) is 2.87. The van der Waals surface area contributed by atoms with E-state index in [-0.39, 0.29) is 12.6 Å². The number of nitrogens with zero attached hydrogens (tertiary/aromatic N) is 1. The van der Waals surface area contributed by atoms with E-state index in [9.17, 15) is 9.59 Å². The normalized spacial score (nSPS) is 18.4. The fourth-order valence-electron chi connectivity index (χ4n) is 1.76. The fourth-order valence-corrected chi connectivity index (χ4v) is 3.11. The van der Waals surface area contributed by atoms with Gasteiger partial charge in [0, 0.05) is 17.3 Å². The van der Waals surface area contributed by atoms with E-state index >= 15 is 0 Å². The molecule has 7 heteroatoms. The van der Waals surface area contributed by atoms with Crippen molar-refractivity contribution in [1.82, 2.24) is 10.2 Å². The van der Waals surface area contributed by atoms with Gasteiger partial charge in [-0.25, -0.2) is 9.59 Å². The Morgan fingerprint density at radius 3 is 2.89 bits per heavy atom. The average molecular weight is 301 g/mol. The third-order valence-corrected chi connectivity index (χ3v) is 4.20. The molecule has 1 heterocycles. The van der Waals surface area contributed by atoms with Crippen LogP contribution < -0.4 is 5.32 Å². The van der Waals surface area contributed by atoms with Crippen molar-refractivity contribution >= 4 is 35.4 Å². The Labute approximate surface area is 119 Å². The van der Waals surface area contributed by atoms with Crippen LogP contribution in [0.4, 0.5) is 4.79 Å². The molecule has 5 nitrogen and oxygen atoms in total. The number of urea groups is 1. The van der Waals surface area contributed by atoms with Gasteiger partial charge in [0.25, 0.3) is 0 Å². The lowest BCUT2D eigenvalue weighted by molar-refractivity contribution is -0.140. The quantitative estimate of drug-likeness (QED) is 0.896. The summed E-state index contributed by atoms with van der Waals surface area (Å²) in [5.74, 6) is -0.155. The fraction of sp³-hybridized carbons (Fsp3) is 0.333. The predicted octanol–water partition coefficient (Wildman–Crippen LogP) is 2.01. The van der Waals surface area contributed by atoms with Crippen molar-refractivity contribution in [2.24, 2.45) is 0 Å². The first-order valence-electron chi connectivity index (χ1n) is 5.68. The molecule has 0 aliphatic carbocycles. The third-order valence-electron chi connectivity index (χ3n) is 2.82. The van der Waals surface area contributed by atoms with Gasteiger partial charge in [-0.3, -0.25) is 0 Å². The summed E-state index contributed by atoms with van der Waals surface area (Å²) >= 11 is 7.41. The first kappa shape index (κ1) is 14.0. The van der Waals surface area contributed by atoms with Crippen molar-refractivity contribution < 1.29 is 14.7 Å². The van der Waals surface area contributed by atoms with Crippen molar-refractivity contribution in [3.63, 3.8) is 0 Å². The lowest BCUT2D eigenvalue weighted by atomic mass is 10.2. The van der Waals surface area contributed by atoms with Gasteiger partial charge >= 0.3 is 12.0 Å². The van der Waals surface area contributed by atoms with Gasteiger partial charge in [0.2, 0.25) is 0 Å². The van der Waals surface area contributed by atoms with Crippen LogP contribution in [0.1, 0.15) is 5.56 Å². The zero-order valence-corrected chi connectivity index (χ0v) is 11.6. The molecule has 2 amide bonds. The van der Waals surface area contributed by atoms with Crippen LogP contribution in [0.25, 0.3) is 0 Å². The molecule has 0 spiro atoms. The molecule has 1 saturated heterocycles. The highest BCUT2D eigenvalue weighted by Crippen LogP contribution is 2.21. The summed E-state index contributed by atoms with van der Waals surface area (Å²) in [6.45, 7) is 0.284. The van der Waals surface area contributed by atoms with Gasteiger partial charge in [-0.1, -0.05) is 29.8 Å². The summed E-state index contributed by atoms with van der Waals surface area (Å²) in [5.41, 5.74) is 0.802. The second-order valence-corrected chi connectivity index (χ2v) is 5.48. The molecule has 0 radical (unpaired) electrons. The van der Waals surface area contributed by atoms with Gasteiger partial charge in [-0.05, 0) is 11.6 Å². The Bertz CT molecular complexity index is 498. The summed E-state index contributed by atoms with van der Waals surface area (Å²) < 4.78 is 0. The molecule has 1 fully saturated rings. The van der Waals surface area contributed by atoms with Gasteiger partial charge in [-0.15, -0.1) is 11.8 Å². The largest absolute Gasteiger partial charge is 0.480 e. The number of carbonyl (C=O) groups is 2. The molecule has 1 atom stereocenters. The van der Waals surface area contributed by atoms with Gasteiger partial charge < -0.3 is 15.3 Å². The summed E-state index contributed by atoms with van der Waals surface area (Å²) in [6, 6.07) is 6.07. The molecule has 1 aromatic carbocycles. The number of carboxylic acid groups (broad SMARTS) is 1. The number of halogens is 1. The molecule has 19 heavy (non-hydrogen) atoms. The Morgan fingerprint density at radius 1 is 1.47 bits per heavy atom. The molecule has 1 aliphatic rings. The first-order chi connectivity index (χ1) is 9.09. The minimum absolute atomic E-state index is 0.284. The number of thioether (sulfide) groups is 1. The molecule has 0 saturated carbocycles. The maximum Gasteiger partial charge on any atom is 0.327 e. The highest BCUT2D eigenvalue weighted by atomic mass is 35.5. The van der Waals surface area contributed by atoms with Crippen molar-refractivity contribution in [2.45, 2.75) is 12.6 Å². The molecule has 0 aromatic heterocycles. The number of rotatable bonds is 3. The Kier molecular flexibility index (Phi) is 4.55. The number of hydrogen-bond acceptors (Lipinski definition) is 3. The van der Waals surface area contributed by atoms with Crippen LogP contribution >= 0.6 is 23.4 Å². The number of carboxylic acids is 1. The summed E-state index contributed by atoms with van der Waals surface area (Å²) in [6.07, 6.45) is 0. The lowest BCUT2D eigenvalue weighted by Gasteiger charge is -2.21. The number of aliphatic carboxylic acids is 1. The van der Waals surface area contributed by atoms with Crippen molar-refractivity contribution in [2.75, 3.05) is 11.6 Å². The zero-order valence-electron chi connectivity index (χ0n) is 10.0. The Hall–Kier alpha value is -1.40. The maximum absolute atomic E-state index is 11.9. The van der Waals surface area contributed by atoms with E-state index in [0.717, 1.165) is 5.56 Å². The van der Waals surface area contributed by atoms with E-state index in [1.54, 1.807) is 6.07 Å². The highest BCUT2D eigenvalue weighted by Gasteiger charge is 2.34. The molecule has 2 rings (SSSR count). The SMILES string of the molecule is O=C(O)C1CSCN1C(=O)NCc1ccccc1Cl. The van der Waals surface area contributed by atoms with Crippen LogP contribution in [0.5, 0.6) is 0 Å². The van der Waals surface area contributed by atoms with Gasteiger partial charge in [0.15, 0.2) is 0 Å². The summed E-state index contributed by atoms with van der Waals surface area (Å²) in [5, 5.41) is 12.3. The smallest absolute Gasteiger partial charge is 0.327 e. The topological polar surface area (TPSA) is 69.6 Å². The van der Waals surface area contributed by atoms with Crippen LogP contribution in [0.15, 0.2) is 24.3 Å². The maximum atomic E-state index is 11.9. The number of carbonyl (C=O) groups excluding carboxylic acids is 1. The summed E-state index contributed by atoms with van der Waals surface area (Å²) in [7, 11) is 0. The predicted molar refractivity (Wildman–Crippen MR) is 74.3 cm³/mol. The molecule has 1 aromatic rings. The molecule has 2 N–H and O–H groups in total. The molecule has 1 unspecified atom stereocenters. The number of hydrogen-bond donors (Lipinski definition) is 2. The second-order valence-electron chi connectivity index (χ2n) is 4.07. The zero-order chi connectivity index (χ0) is 13.8. The van der Waals surface area contributed by atoms with E-state index in [1.165, 1.54) is 16.7 Å². The number of benzene rings is 1. The van der Waals surface area contributed by atoms with E-state index in [2.05, 4.69) is 5.32 Å². The lowest BCUT2D eigenvalue weighted by Crippen LogP contribution is -2.46. The van der Waals surface area contributed by atoms with Crippen molar-refractivity contribution in [3.8, 4) is 0 Å². The van der Waals surface area contributed by atoms with Crippen LogP contribution in [0.3, 0.4) is 0 Å². The van der Waals surface area contributed by atoms with Crippen molar-refractivity contribution in [3.05, 3.63) is 34.9 Å². The van der Waals surface area contributed by atoms with Gasteiger partial charge in [0.05, 0.1) is 5.88 Å². The van der Waals surface area contributed by atoms with E-state index < -0.39 is 12.0 Å². The highest BCUT2D eigenvalue weighted by molar-refractivity contribution is 7.99. The number of amides is 2. The molecular formula is C12H13ClN2O3S. The van der Waals surface area contributed by atoms with Crippen LogP contribution in [0.2, 0.25) is 5.02 Å². The second kappa shape index (κ2) is 6.16. The van der Waals surface area contributed by atoms with Crippen LogP contribution in [0, 0.1) is 0 Å².